The van der Waals surface area contributed by atoms with Crippen molar-refractivity contribution in [2.24, 2.45) is 5.73 Å². The number of rotatable bonds is 10. The van der Waals surface area contributed by atoms with E-state index in [1.54, 1.807) is 12.1 Å². The topological polar surface area (TPSA) is 111 Å². The van der Waals surface area contributed by atoms with E-state index in [1.807, 2.05) is 102 Å². The van der Waals surface area contributed by atoms with Crippen LogP contribution >= 0.6 is 0 Å². The molecule has 212 valence electrons. The first kappa shape index (κ1) is 28.6. The number of hydroxylamine groups is 1. The molecular formula is C35H34N4O3. The lowest BCUT2D eigenvalue weighted by molar-refractivity contribution is -0.118. The summed E-state index contributed by atoms with van der Waals surface area (Å²) in [4.78, 5) is 26.9. The van der Waals surface area contributed by atoms with Crippen molar-refractivity contribution in [2.45, 2.75) is 31.1 Å². The van der Waals surface area contributed by atoms with Crippen molar-refractivity contribution in [2.75, 3.05) is 23.1 Å². The molecule has 0 aromatic heterocycles. The normalized spacial score (nSPS) is 12.6. The first-order valence-corrected chi connectivity index (χ1v) is 14.1. The molecule has 0 saturated carbocycles. The van der Waals surface area contributed by atoms with Gasteiger partial charge in [0.15, 0.2) is 0 Å². The highest BCUT2D eigenvalue weighted by atomic mass is 16.5. The largest absolute Gasteiger partial charge is 0.384 e. The number of aryl methyl sites for hydroxylation is 2. The van der Waals surface area contributed by atoms with Crippen molar-refractivity contribution in [1.82, 2.24) is 0 Å². The van der Waals surface area contributed by atoms with Crippen LogP contribution in [0.5, 0.6) is 0 Å². The molecule has 0 spiro atoms. The van der Waals surface area contributed by atoms with Crippen LogP contribution in [-0.4, -0.2) is 36.0 Å². The molecule has 0 fully saturated rings. The van der Waals surface area contributed by atoms with Crippen LogP contribution in [0.2, 0.25) is 0 Å². The molecule has 7 nitrogen and oxygen atoms in total. The summed E-state index contributed by atoms with van der Waals surface area (Å²) in [6.45, 7) is 0.743. The third kappa shape index (κ3) is 6.03. The van der Waals surface area contributed by atoms with E-state index in [4.69, 9.17) is 11.1 Å². The Morgan fingerprint density at radius 1 is 0.976 bits per heavy atom. The van der Waals surface area contributed by atoms with E-state index in [2.05, 4.69) is 0 Å². The second-order valence-electron chi connectivity index (χ2n) is 10.6. The van der Waals surface area contributed by atoms with Gasteiger partial charge in [0.1, 0.15) is 11.8 Å². The first-order valence-electron chi connectivity index (χ1n) is 14.1. The van der Waals surface area contributed by atoms with Crippen molar-refractivity contribution in [3.63, 3.8) is 0 Å². The van der Waals surface area contributed by atoms with Crippen LogP contribution in [0.15, 0.2) is 109 Å². The van der Waals surface area contributed by atoms with Crippen molar-refractivity contribution in [3.8, 4) is 0 Å². The van der Waals surface area contributed by atoms with Gasteiger partial charge in [-0.25, -0.2) is 4.79 Å². The highest BCUT2D eigenvalue weighted by molar-refractivity contribution is 5.95. The number of hydrogen-bond acceptors (Lipinski definition) is 5. The SMILES string of the molecule is N=C(N)c1ccc(CCC(=O)N2CCCc3cc(N(O)CC(C=C=O)(c4ccccc4)c4ccccc4)ccc32)cc1. The number of nitrogen functional groups attached to an aromatic ring is 1. The number of amidine groups is 1. The number of amides is 1. The van der Waals surface area contributed by atoms with E-state index in [1.165, 1.54) is 11.1 Å². The Hall–Kier alpha value is -4.97. The zero-order chi connectivity index (χ0) is 29.5. The van der Waals surface area contributed by atoms with Gasteiger partial charge in [0.2, 0.25) is 5.91 Å². The highest BCUT2D eigenvalue weighted by Gasteiger charge is 2.35. The van der Waals surface area contributed by atoms with Gasteiger partial charge in [-0.15, -0.1) is 0 Å². The third-order valence-corrected chi connectivity index (χ3v) is 7.96. The van der Waals surface area contributed by atoms with Crippen LogP contribution in [0.3, 0.4) is 0 Å². The van der Waals surface area contributed by atoms with Gasteiger partial charge in [-0.2, -0.15) is 0 Å². The lowest BCUT2D eigenvalue weighted by Gasteiger charge is -2.35. The number of nitrogens with one attached hydrogen (secondary N) is 1. The molecular weight excluding hydrogens is 524 g/mol. The van der Waals surface area contributed by atoms with Crippen LogP contribution in [0, 0.1) is 5.41 Å². The van der Waals surface area contributed by atoms with Crippen molar-refractivity contribution >= 4 is 29.1 Å². The van der Waals surface area contributed by atoms with E-state index >= 15 is 0 Å². The summed E-state index contributed by atoms with van der Waals surface area (Å²) >= 11 is 0. The Balaban J connectivity index is 1.37. The number of nitrogens with two attached hydrogens (primary N) is 1. The van der Waals surface area contributed by atoms with E-state index in [0.717, 1.165) is 40.8 Å². The zero-order valence-corrected chi connectivity index (χ0v) is 23.4. The fourth-order valence-corrected chi connectivity index (χ4v) is 5.70. The molecule has 7 heteroatoms. The Morgan fingerprint density at radius 2 is 1.62 bits per heavy atom. The summed E-state index contributed by atoms with van der Waals surface area (Å²) in [5, 5.41) is 20.2. The van der Waals surface area contributed by atoms with Gasteiger partial charge in [-0.1, -0.05) is 84.9 Å². The van der Waals surface area contributed by atoms with Crippen molar-refractivity contribution in [1.29, 1.82) is 5.41 Å². The van der Waals surface area contributed by atoms with E-state index in [9.17, 15) is 14.8 Å². The summed E-state index contributed by atoms with van der Waals surface area (Å²) < 4.78 is 0. The summed E-state index contributed by atoms with van der Waals surface area (Å²) in [6.07, 6.45) is 4.06. The van der Waals surface area contributed by atoms with Gasteiger partial charge in [0, 0.05) is 30.3 Å². The minimum Gasteiger partial charge on any atom is -0.384 e. The number of hydrogen-bond donors (Lipinski definition) is 3. The maximum atomic E-state index is 13.3. The van der Waals surface area contributed by atoms with Crippen LogP contribution in [0.1, 0.15) is 40.7 Å². The van der Waals surface area contributed by atoms with Crippen LogP contribution in [-0.2, 0) is 27.8 Å². The third-order valence-electron chi connectivity index (χ3n) is 7.96. The number of carbonyl (C=O) groups excluding carboxylic acids is 2. The molecule has 5 rings (SSSR count). The van der Waals surface area contributed by atoms with Gasteiger partial charge < -0.3 is 10.6 Å². The molecule has 42 heavy (non-hydrogen) atoms. The highest BCUT2D eigenvalue weighted by Crippen LogP contribution is 2.37. The standard InChI is InChI=1S/C35H34N4O3/c36-34(37)27-16-13-26(14-17-27)15-20-33(41)38-22-7-8-28-24-31(18-19-32(28)38)39(42)25-35(21-23-40,29-9-3-1-4-10-29)30-11-5-2-6-12-30/h1-6,9-14,16-19,21,24,42H,7-8,15,20,22,25H2,(H3,36,37). The number of benzene rings is 4. The molecule has 0 unspecified atom stereocenters. The monoisotopic (exact) mass is 558 g/mol. The van der Waals surface area contributed by atoms with Gasteiger partial charge >= 0.3 is 0 Å². The predicted molar refractivity (Wildman–Crippen MR) is 166 cm³/mol. The molecule has 1 aliphatic heterocycles. The lowest BCUT2D eigenvalue weighted by Crippen LogP contribution is -2.40. The molecule has 4 aromatic rings. The van der Waals surface area contributed by atoms with Gasteiger partial charge in [0.05, 0.1) is 17.6 Å². The fourth-order valence-electron chi connectivity index (χ4n) is 5.70. The zero-order valence-electron chi connectivity index (χ0n) is 23.4. The van der Waals surface area contributed by atoms with Crippen LogP contribution in [0.4, 0.5) is 11.4 Å². The molecule has 0 radical (unpaired) electrons. The summed E-state index contributed by atoms with van der Waals surface area (Å²) in [7, 11) is 0. The molecule has 0 bridgehead atoms. The molecule has 1 aliphatic rings. The lowest BCUT2D eigenvalue weighted by atomic mass is 9.74. The number of fused-ring (bicyclic) bond motifs is 1. The molecule has 4 N–H and O–H groups in total. The quantitative estimate of drug-likeness (QED) is 0.104. The molecule has 0 atom stereocenters. The minimum atomic E-state index is -0.931. The minimum absolute atomic E-state index is 0.0226. The number of nitrogens with zero attached hydrogens (tertiary/aromatic N) is 2. The smallest absolute Gasteiger partial charge is 0.227 e. The maximum absolute atomic E-state index is 13.3. The Bertz CT molecular complexity index is 1560. The molecule has 1 amide bonds. The Morgan fingerprint density at radius 3 is 2.21 bits per heavy atom. The summed E-state index contributed by atoms with van der Waals surface area (Å²) in [5.41, 5.74) is 10.5. The second kappa shape index (κ2) is 12.7. The Kier molecular flexibility index (Phi) is 8.63. The van der Waals surface area contributed by atoms with Crippen molar-refractivity contribution in [3.05, 3.63) is 137 Å². The van der Waals surface area contributed by atoms with E-state index in [-0.39, 0.29) is 18.3 Å². The van der Waals surface area contributed by atoms with E-state index < -0.39 is 5.41 Å². The van der Waals surface area contributed by atoms with Crippen LogP contribution < -0.4 is 15.7 Å². The molecule has 0 saturated heterocycles. The second-order valence-corrected chi connectivity index (χ2v) is 10.6. The number of carbonyl (C=O) groups is 1. The molecule has 1 heterocycles. The molecule has 4 aromatic carbocycles. The van der Waals surface area contributed by atoms with Gasteiger partial charge in [0.25, 0.3) is 0 Å². The summed E-state index contributed by atoms with van der Waals surface area (Å²) in [6, 6.07) is 32.3. The summed E-state index contributed by atoms with van der Waals surface area (Å²) in [5.74, 6) is 2.06. The van der Waals surface area contributed by atoms with Gasteiger partial charge in [-0.3, -0.25) is 20.5 Å². The fraction of sp³-hybridized carbons (Fsp3) is 0.200. The first-order chi connectivity index (χ1) is 20.4. The maximum Gasteiger partial charge on any atom is 0.227 e. The number of anilines is 2. The van der Waals surface area contributed by atoms with Gasteiger partial charge in [-0.05, 0) is 59.7 Å². The van der Waals surface area contributed by atoms with Crippen molar-refractivity contribution < 1.29 is 14.8 Å². The van der Waals surface area contributed by atoms with E-state index in [0.29, 0.717) is 30.6 Å². The average molecular weight is 559 g/mol. The Labute approximate surface area is 246 Å². The average Bonchev–Trinajstić information content (AvgIpc) is 3.03. The predicted octanol–water partition coefficient (Wildman–Crippen LogP) is 5.45. The van der Waals surface area contributed by atoms with Crippen LogP contribution in [0.25, 0.3) is 0 Å². The molecule has 0 aliphatic carbocycles.